The molecule has 0 aliphatic rings. The number of hydrogen-bond acceptors (Lipinski definition) is 3. The molecule has 0 aliphatic carbocycles. The van der Waals surface area contributed by atoms with Gasteiger partial charge in [0.1, 0.15) is 0 Å². The van der Waals surface area contributed by atoms with E-state index < -0.39 is 0 Å². The van der Waals surface area contributed by atoms with Crippen LogP contribution in [-0.2, 0) is 11.3 Å². The first kappa shape index (κ1) is 14.8. The Labute approximate surface area is 119 Å². The van der Waals surface area contributed by atoms with Gasteiger partial charge in [0, 0.05) is 30.8 Å². The molecule has 0 fully saturated rings. The largest absolute Gasteiger partial charge is 0.383 e. The van der Waals surface area contributed by atoms with Gasteiger partial charge in [-0.3, -0.25) is 4.79 Å². The van der Waals surface area contributed by atoms with E-state index in [4.69, 9.17) is 4.74 Å². The fourth-order valence-electron chi connectivity index (χ4n) is 2.37. The van der Waals surface area contributed by atoms with Crippen molar-refractivity contribution < 1.29 is 4.74 Å². The number of hydrogen-bond donors (Lipinski definition) is 2. The molecule has 4 heteroatoms. The van der Waals surface area contributed by atoms with Gasteiger partial charge in [0.2, 0.25) is 0 Å². The summed E-state index contributed by atoms with van der Waals surface area (Å²) in [6.07, 6.45) is 2.13. The van der Waals surface area contributed by atoms with Crippen molar-refractivity contribution in [3.8, 4) is 0 Å². The molecule has 0 bridgehead atoms. The normalized spacial score (nSPS) is 12.7. The monoisotopic (exact) mass is 274 g/mol. The zero-order chi connectivity index (χ0) is 14.4. The van der Waals surface area contributed by atoms with Crippen LogP contribution in [0, 0.1) is 0 Å². The summed E-state index contributed by atoms with van der Waals surface area (Å²) >= 11 is 0. The molecule has 0 saturated heterocycles. The second-order valence-corrected chi connectivity index (χ2v) is 5.03. The first-order valence-electron chi connectivity index (χ1n) is 7.08. The lowest BCUT2D eigenvalue weighted by Gasteiger charge is -2.17. The van der Waals surface area contributed by atoms with Gasteiger partial charge in [-0.15, -0.1) is 0 Å². The lowest BCUT2D eigenvalue weighted by Crippen LogP contribution is -2.34. The van der Waals surface area contributed by atoms with E-state index in [0.717, 1.165) is 29.3 Å². The number of ether oxygens (including phenoxy) is 1. The maximum Gasteiger partial charge on any atom is 0.252 e. The average molecular weight is 274 g/mol. The van der Waals surface area contributed by atoms with Gasteiger partial charge >= 0.3 is 0 Å². The molecule has 4 nitrogen and oxygen atoms in total. The van der Waals surface area contributed by atoms with Gasteiger partial charge in [0.25, 0.3) is 5.56 Å². The van der Waals surface area contributed by atoms with E-state index >= 15 is 0 Å². The van der Waals surface area contributed by atoms with Crippen LogP contribution in [-0.4, -0.2) is 24.7 Å². The molecule has 0 saturated carbocycles. The zero-order valence-corrected chi connectivity index (χ0v) is 12.1. The summed E-state index contributed by atoms with van der Waals surface area (Å²) < 4.78 is 5.20. The van der Waals surface area contributed by atoms with Crippen LogP contribution < -0.4 is 10.9 Å². The number of H-pyrrole nitrogens is 1. The summed E-state index contributed by atoms with van der Waals surface area (Å²) in [5, 5.41) is 4.46. The minimum absolute atomic E-state index is 0.0242. The second kappa shape index (κ2) is 7.22. The molecule has 20 heavy (non-hydrogen) atoms. The van der Waals surface area contributed by atoms with Crippen LogP contribution in [0.25, 0.3) is 10.9 Å². The molecule has 0 radical (unpaired) electrons. The number of pyridine rings is 1. The quantitative estimate of drug-likeness (QED) is 0.815. The second-order valence-electron chi connectivity index (χ2n) is 5.03. The lowest BCUT2D eigenvalue weighted by atomic mass is 10.1. The van der Waals surface area contributed by atoms with Crippen LogP contribution >= 0.6 is 0 Å². The Balaban J connectivity index is 2.12. The molecule has 108 valence electrons. The first-order chi connectivity index (χ1) is 9.74. The Hall–Kier alpha value is -1.65. The van der Waals surface area contributed by atoms with E-state index in [0.29, 0.717) is 13.2 Å². The number of methoxy groups -OCH3 is 1. The highest BCUT2D eigenvalue weighted by Crippen LogP contribution is 2.10. The Morgan fingerprint density at radius 1 is 1.35 bits per heavy atom. The molecular weight excluding hydrogens is 252 g/mol. The standard InChI is InChI=1S/C16H22N2O2/c1-3-6-14(11-20-2)17-10-13-9-12-7-4-5-8-15(12)18-16(13)19/h4-5,7-9,14,17H,3,6,10-11H2,1-2H3,(H,18,19). The molecule has 1 aromatic heterocycles. The van der Waals surface area contributed by atoms with E-state index in [1.807, 2.05) is 30.3 Å². The minimum Gasteiger partial charge on any atom is -0.383 e. The molecule has 1 heterocycles. The lowest BCUT2D eigenvalue weighted by molar-refractivity contribution is 0.161. The fourth-order valence-corrected chi connectivity index (χ4v) is 2.37. The van der Waals surface area contributed by atoms with Gasteiger partial charge in [-0.1, -0.05) is 31.5 Å². The van der Waals surface area contributed by atoms with Gasteiger partial charge in [0.05, 0.1) is 6.61 Å². The van der Waals surface area contributed by atoms with Crippen LogP contribution in [0.5, 0.6) is 0 Å². The maximum absolute atomic E-state index is 12.0. The summed E-state index contributed by atoms with van der Waals surface area (Å²) in [6.45, 7) is 3.38. The van der Waals surface area contributed by atoms with E-state index in [-0.39, 0.29) is 11.6 Å². The predicted molar refractivity (Wildman–Crippen MR) is 82.0 cm³/mol. The summed E-state index contributed by atoms with van der Waals surface area (Å²) in [4.78, 5) is 15.0. The highest BCUT2D eigenvalue weighted by atomic mass is 16.5. The number of nitrogens with one attached hydrogen (secondary N) is 2. The molecule has 1 unspecified atom stereocenters. The highest BCUT2D eigenvalue weighted by molar-refractivity contribution is 5.78. The first-order valence-corrected chi connectivity index (χ1v) is 7.08. The van der Waals surface area contributed by atoms with Gasteiger partial charge in [-0.05, 0) is 23.9 Å². The minimum atomic E-state index is -0.0242. The van der Waals surface area contributed by atoms with Crippen molar-refractivity contribution in [2.75, 3.05) is 13.7 Å². The smallest absolute Gasteiger partial charge is 0.252 e. The number of para-hydroxylation sites is 1. The van der Waals surface area contributed by atoms with Crippen LogP contribution in [0.15, 0.2) is 35.1 Å². The molecule has 1 aromatic carbocycles. The van der Waals surface area contributed by atoms with E-state index in [1.54, 1.807) is 7.11 Å². The summed E-state index contributed by atoms with van der Waals surface area (Å²) in [5.74, 6) is 0. The molecule has 0 spiro atoms. The third-order valence-electron chi connectivity index (χ3n) is 3.42. The Morgan fingerprint density at radius 2 is 2.15 bits per heavy atom. The van der Waals surface area contributed by atoms with Crippen molar-refractivity contribution in [2.24, 2.45) is 0 Å². The Morgan fingerprint density at radius 3 is 2.90 bits per heavy atom. The van der Waals surface area contributed by atoms with Crippen molar-refractivity contribution in [2.45, 2.75) is 32.4 Å². The van der Waals surface area contributed by atoms with Gasteiger partial charge in [-0.25, -0.2) is 0 Å². The van der Waals surface area contributed by atoms with Gasteiger partial charge in [0.15, 0.2) is 0 Å². The molecular formula is C16H22N2O2. The number of aromatic amines is 1. The number of benzene rings is 1. The number of aromatic nitrogens is 1. The van der Waals surface area contributed by atoms with E-state index in [1.165, 1.54) is 0 Å². The number of rotatable bonds is 7. The molecule has 1 atom stereocenters. The Bertz CT molecular complexity index is 601. The van der Waals surface area contributed by atoms with Gasteiger partial charge in [-0.2, -0.15) is 0 Å². The molecule has 0 amide bonds. The van der Waals surface area contributed by atoms with Crippen molar-refractivity contribution in [3.63, 3.8) is 0 Å². The summed E-state index contributed by atoms with van der Waals surface area (Å²) in [7, 11) is 1.70. The topological polar surface area (TPSA) is 54.1 Å². The predicted octanol–water partition coefficient (Wildman–Crippen LogP) is 2.43. The summed E-state index contributed by atoms with van der Waals surface area (Å²) in [6, 6.07) is 10.1. The Kier molecular flexibility index (Phi) is 5.32. The fraction of sp³-hybridized carbons (Fsp3) is 0.438. The van der Waals surface area contributed by atoms with Crippen molar-refractivity contribution >= 4 is 10.9 Å². The molecule has 0 aliphatic heterocycles. The van der Waals surface area contributed by atoms with Crippen LogP contribution in [0.4, 0.5) is 0 Å². The molecule has 2 aromatic rings. The third kappa shape index (κ3) is 3.68. The average Bonchev–Trinajstić information content (AvgIpc) is 2.45. The van der Waals surface area contributed by atoms with Crippen LogP contribution in [0.1, 0.15) is 25.3 Å². The number of fused-ring (bicyclic) bond motifs is 1. The highest BCUT2D eigenvalue weighted by Gasteiger charge is 2.08. The van der Waals surface area contributed by atoms with Crippen LogP contribution in [0.3, 0.4) is 0 Å². The van der Waals surface area contributed by atoms with E-state index in [2.05, 4.69) is 17.2 Å². The summed E-state index contributed by atoms with van der Waals surface area (Å²) in [5.41, 5.74) is 1.62. The molecule has 2 rings (SSSR count). The third-order valence-corrected chi connectivity index (χ3v) is 3.42. The van der Waals surface area contributed by atoms with Crippen molar-refractivity contribution in [3.05, 3.63) is 46.2 Å². The SMILES string of the molecule is CCCC(COC)NCc1cc2ccccc2[nH]c1=O. The van der Waals surface area contributed by atoms with Crippen molar-refractivity contribution in [1.82, 2.24) is 10.3 Å². The molecule has 2 N–H and O–H groups in total. The van der Waals surface area contributed by atoms with Crippen molar-refractivity contribution in [1.29, 1.82) is 0 Å². The maximum atomic E-state index is 12.0. The zero-order valence-electron chi connectivity index (χ0n) is 12.1. The van der Waals surface area contributed by atoms with Crippen LogP contribution in [0.2, 0.25) is 0 Å². The van der Waals surface area contributed by atoms with E-state index in [9.17, 15) is 4.79 Å². The van der Waals surface area contributed by atoms with Gasteiger partial charge < -0.3 is 15.0 Å².